The molecule has 4 heterocycles. The fraction of sp³-hybridized carbons (Fsp3) is 0.222. The number of furan rings is 1. The van der Waals surface area contributed by atoms with Crippen LogP contribution in [-0.2, 0) is 4.79 Å². The van der Waals surface area contributed by atoms with E-state index in [2.05, 4.69) is 20.4 Å². The lowest BCUT2D eigenvalue weighted by atomic mass is 9.80. The molecule has 2 unspecified atom stereocenters. The summed E-state index contributed by atoms with van der Waals surface area (Å²) in [6.45, 7) is 0. The van der Waals surface area contributed by atoms with E-state index < -0.39 is 0 Å². The third-order valence-electron chi connectivity index (χ3n) is 4.83. The second-order valence-corrected chi connectivity index (χ2v) is 6.27. The molecule has 7 heteroatoms. The van der Waals surface area contributed by atoms with Gasteiger partial charge in [0.2, 0.25) is 5.95 Å². The number of carbonyl (C=O) groups excluding carboxylic acids is 1. The smallest absolute Gasteiger partial charge is 0.226 e. The number of Topliss-reactive ketones (excluding diaryl/α,β-unsaturated/α-hetero) is 1. The SMILES string of the molecule is O=C1CC(c2ccco2)CC2=C1C(c1ccncc1)n1ncnc1N2. The zero-order chi connectivity index (χ0) is 16.8. The molecule has 0 aromatic carbocycles. The third kappa shape index (κ3) is 2.20. The Balaban J connectivity index is 1.63. The van der Waals surface area contributed by atoms with Crippen LogP contribution in [0.25, 0.3) is 0 Å². The first-order valence-electron chi connectivity index (χ1n) is 8.17. The number of pyridine rings is 1. The van der Waals surface area contributed by atoms with Crippen molar-refractivity contribution in [2.24, 2.45) is 0 Å². The van der Waals surface area contributed by atoms with Gasteiger partial charge in [0.25, 0.3) is 0 Å². The molecular weight excluding hydrogens is 318 g/mol. The van der Waals surface area contributed by atoms with Crippen molar-refractivity contribution in [2.45, 2.75) is 24.8 Å². The molecule has 3 aromatic rings. The Morgan fingerprint density at radius 2 is 2.08 bits per heavy atom. The fourth-order valence-electron chi connectivity index (χ4n) is 3.73. The molecule has 0 spiro atoms. The molecule has 1 aliphatic heterocycles. The third-order valence-corrected chi connectivity index (χ3v) is 4.83. The minimum absolute atomic E-state index is 0.0429. The molecule has 5 rings (SSSR count). The number of anilines is 1. The maximum atomic E-state index is 13.0. The summed E-state index contributed by atoms with van der Waals surface area (Å²) in [7, 11) is 0. The summed E-state index contributed by atoms with van der Waals surface area (Å²) in [6, 6.07) is 7.33. The number of hydrogen-bond acceptors (Lipinski definition) is 6. The van der Waals surface area contributed by atoms with Gasteiger partial charge in [-0.15, -0.1) is 0 Å². The molecular formula is C18H15N5O2. The number of rotatable bonds is 2. The minimum atomic E-state index is -0.276. The van der Waals surface area contributed by atoms with Crippen molar-refractivity contribution in [3.05, 3.63) is 71.8 Å². The number of ketones is 1. The number of allylic oxidation sites excluding steroid dienone is 2. The molecule has 124 valence electrons. The molecule has 2 aliphatic rings. The van der Waals surface area contributed by atoms with E-state index in [1.54, 1.807) is 23.3 Å². The van der Waals surface area contributed by atoms with Crippen LogP contribution in [0.3, 0.4) is 0 Å². The van der Waals surface area contributed by atoms with E-state index in [1.165, 1.54) is 6.33 Å². The van der Waals surface area contributed by atoms with Crippen LogP contribution in [0.15, 0.2) is 64.9 Å². The molecule has 0 radical (unpaired) electrons. The van der Waals surface area contributed by atoms with E-state index in [0.29, 0.717) is 18.8 Å². The van der Waals surface area contributed by atoms with Gasteiger partial charge in [-0.05, 0) is 36.2 Å². The van der Waals surface area contributed by atoms with Gasteiger partial charge >= 0.3 is 0 Å². The van der Waals surface area contributed by atoms with Gasteiger partial charge in [-0.1, -0.05) is 0 Å². The van der Waals surface area contributed by atoms with Gasteiger partial charge < -0.3 is 9.73 Å². The molecule has 1 N–H and O–H groups in total. The highest BCUT2D eigenvalue weighted by Gasteiger charge is 2.39. The van der Waals surface area contributed by atoms with Crippen LogP contribution in [0.2, 0.25) is 0 Å². The summed E-state index contributed by atoms with van der Waals surface area (Å²) in [4.78, 5) is 21.4. The zero-order valence-corrected chi connectivity index (χ0v) is 13.3. The first-order valence-corrected chi connectivity index (χ1v) is 8.17. The van der Waals surface area contributed by atoms with Crippen molar-refractivity contribution in [3.8, 4) is 0 Å². The average Bonchev–Trinajstić information content (AvgIpc) is 3.32. The highest BCUT2D eigenvalue weighted by atomic mass is 16.3. The molecule has 0 amide bonds. The molecule has 25 heavy (non-hydrogen) atoms. The summed E-state index contributed by atoms with van der Waals surface area (Å²) in [5, 5.41) is 7.62. The fourth-order valence-corrected chi connectivity index (χ4v) is 3.73. The van der Waals surface area contributed by atoms with Crippen LogP contribution in [0.5, 0.6) is 0 Å². The quantitative estimate of drug-likeness (QED) is 0.776. The summed E-state index contributed by atoms with van der Waals surface area (Å²) in [5.41, 5.74) is 2.63. The Morgan fingerprint density at radius 3 is 2.88 bits per heavy atom. The Kier molecular flexibility index (Phi) is 3.06. The topological polar surface area (TPSA) is 85.8 Å². The lowest BCUT2D eigenvalue weighted by molar-refractivity contribution is -0.117. The van der Waals surface area contributed by atoms with Crippen LogP contribution in [0.4, 0.5) is 5.95 Å². The molecule has 7 nitrogen and oxygen atoms in total. The standard InChI is InChI=1S/C18H15N5O2/c24-14-9-12(15-2-1-7-25-15)8-13-16(14)17(11-3-5-19-6-4-11)23-18(22-13)20-10-21-23/h1-7,10,12,17H,8-9H2,(H,20,21,22). The Hall–Kier alpha value is -3.22. The average molecular weight is 333 g/mol. The number of fused-ring (bicyclic) bond motifs is 1. The van der Waals surface area contributed by atoms with Gasteiger partial charge in [0.05, 0.1) is 6.26 Å². The van der Waals surface area contributed by atoms with Crippen molar-refractivity contribution in [1.29, 1.82) is 0 Å². The van der Waals surface area contributed by atoms with Crippen molar-refractivity contribution in [1.82, 2.24) is 19.7 Å². The number of nitrogens with one attached hydrogen (secondary N) is 1. The Labute approximate surface area is 143 Å². The van der Waals surface area contributed by atoms with E-state index in [0.717, 1.165) is 22.6 Å². The van der Waals surface area contributed by atoms with Crippen LogP contribution in [0, 0.1) is 0 Å². The first kappa shape index (κ1) is 14.2. The monoisotopic (exact) mass is 333 g/mol. The maximum absolute atomic E-state index is 13.0. The van der Waals surface area contributed by atoms with Crippen molar-refractivity contribution in [2.75, 3.05) is 5.32 Å². The molecule has 0 saturated carbocycles. The van der Waals surface area contributed by atoms with Gasteiger partial charge in [-0.2, -0.15) is 10.1 Å². The van der Waals surface area contributed by atoms with Gasteiger partial charge in [-0.3, -0.25) is 9.78 Å². The highest BCUT2D eigenvalue weighted by molar-refractivity contribution is 6.00. The van der Waals surface area contributed by atoms with Crippen molar-refractivity contribution in [3.63, 3.8) is 0 Å². The number of carbonyl (C=O) groups is 1. The molecule has 0 bridgehead atoms. The first-order chi connectivity index (χ1) is 12.3. The van der Waals surface area contributed by atoms with Crippen LogP contribution in [-0.4, -0.2) is 25.5 Å². The lowest BCUT2D eigenvalue weighted by Crippen LogP contribution is -2.33. The van der Waals surface area contributed by atoms with Crippen LogP contribution in [0.1, 0.15) is 36.1 Å². The largest absolute Gasteiger partial charge is 0.469 e. The second kappa shape index (κ2) is 5.41. The molecule has 1 aliphatic carbocycles. The van der Waals surface area contributed by atoms with Gasteiger partial charge in [0.1, 0.15) is 18.1 Å². The van der Waals surface area contributed by atoms with Gasteiger partial charge in [0, 0.05) is 36.0 Å². The highest BCUT2D eigenvalue weighted by Crippen LogP contribution is 2.43. The van der Waals surface area contributed by atoms with Crippen molar-refractivity contribution >= 4 is 11.7 Å². The predicted molar refractivity (Wildman–Crippen MR) is 88.7 cm³/mol. The summed E-state index contributed by atoms with van der Waals surface area (Å²) >= 11 is 0. The van der Waals surface area contributed by atoms with E-state index in [4.69, 9.17) is 4.42 Å². The Bertz CT molecular complexity index is 959. The molecule has 0 fully saturated rings. The second-order valence-electron chi connectivity index (χ2n) is 6.27. The maximum Gasteiger partial charge on any atom is 0.226 e. The van der Waals surface area contributed by atoms with Crippen LogP contribution >= 0.6 is 0 Å². The van der Waals surface area contributed by atoms with E-state index >= 15 is 0 Å². The van der Waals surface area contributed by atoms with Crippen LogP contribution < -0.4 is 5.32 Å². The van der Waals surface area contributed by atoms with Crippen molar-refractivity contribution < 1.29 is 9.21 Å². The van der Waals surface area contributed by atoms with E-state index in [9.17, 15) is 4.79 Å². The molecule has 0 saturated heterocycles. The van der Waals surface area contributed by atoms with Gasteiger partial charge in [-0.25, -0.2) is 4.68 Å². The molecule has 2 atom stereocenters. The Morgan fingerprint density at radius 1 is 1.20 bits per heavy atom. The summed E-state index contributed by atoms with van der Waals surface area (Å²) < 4.78 is 7.29. The summed E-state index contributed by atoms with van der Waals surface area (Å²) in [6.07, 6.45) is 7.75. The molecule has 3 aromatic heterocycles. The normalized spacial score (nSPS) is 22.3. The lowest BCUT2D eigenvalue weighted by Gasteiger charge is -2.34. The van der Waals surface area contributed by atoms with Gasteiger partial charge in [0.15, 0.2) is 5.78 Å². The minimum Gasteiger partial charge on any atom is -0.469 e. The number of aromatic nitrogens is 4. The summed E-state index contributed by atoms with van der Waals surface area (Å²) in [5.74, 6) is 1.64. The number of hydrogen-bond donors (Lipinski definition) is 1. The zero-order valence-electron chi connectivity index (χ0n) is 13.3. The van der Waals surface area contributed by atoms with E-state index in [1.807, 2.05) is 24.3 Å². The number of nitrogens with zero attached hydrogens (tertiary/aromatic N) is 4. The predicted octanol–water partition coefficient (Wildman–Crippen LogP) is 2.68. The van der Waals surface area contributed by atoms with E-state index in [-0.39, 0.29) is 17.7 Å².